The summed E-state index contributed by atoms with van der Waals surface area (Å²) in [6, 6.07) is 0. The summed E-state index contributed by atoms with van der Waals surface area (Å²) in [4.78, 5) is 5.20. The van der Waals surface area contributed by atoms with Crippen LogP contribution in [0.2, 0.25) is 0 Å². The molecule has 0 aromatic carbocycles. The highest BCUT2D eigenvalue weighted by Crippen LogP contribution is 2.44. The van der Waals surface area contributed by atoms with Crippen molar-refractivity contribution in [2.75, 3.05) is 0 Å². The molecule has 2 saturated heterocycles. The van der Waals surface area contributed by atoms with Crippen molar-refractivity contribution < 1.29 is 4.84 Å². The lowest BCUT2D eigenvalue weighted by Gasteiger charge is -2.17. The van der Waals surface area contributed by atoms with Gasteiger partial charge in [-0.2, -0.15) is 5.06 Å². The number of hydrogen-bond donors (Lipinski definition) is 0. The molecule has 2 heterocycles. The van der Waals surface area contributed by atoms with E-state index in [0.29, 0.717) is 11.8 Å². The third-order valence-electron chi connectivity index (χ3n) is 2.05. The number of hydrogen-bond acceptors (Lipinski definition) is 2. The van der Waals surface area contributed by atoms with E-state index in [4.69, 9.17) is 4.84 Å². The van der Waals surface area contributed by atoms with Crippen LogP contribution in [0.1, 0.15) is 26.7 Å². The molecule has 0 N–H and O–H groups in total. The van der Waals surface area contributed by atoms with Crippen LogP contribution in [-0.4, -0.2) is 16.8 Å². The van der Waals surface area contributed by atoms with Gasteiger partial charge in [-0.3, -0.25) is 4.84 Å². The van der Waals surface area contributed by atoms with Gasteiger partial charge in [-0.15, -0.1) is 0 Å². The Morgan fingerprint density at radius 3 is 2.50 bits per heavy atom. The fourth-order valence-electron chi connectivity index (χ4n) is 1.39. The molecule has 2 aliphatic rings. The fraction of sp³-hybridized carbons (Fsp3) is 1.00. The maximum absolute atomic E-state index is 5.20. The van der Waals surface area contributed by atoms with Crippen molar-refractivity contribution in [2.24, 2.45) is 0 Å². The van der Waals surface area contributed by atoms with Gasteiger partial charge in [0.2, 0.25) is 0 Å². The predicted molar refractivity (Wildman–Crippen MR) is 30.0 cm³/mol. The fourth-order valence-corrected chi connectivity index (χ4v) is 1.39. The molecule has 0 bridgehead atoms. The molecule has 2 rings (SSSR count). The molecule has 8 heavy (non-hydrogen) atoms. The van der Waals surface area contributed by atoms with Crippen molar-refractivity contribution in [3.8, 4) is 0 Å². The summed E-state index contributed by atoms with van der Waals surface area (Å²) in [5, 5.41) is 2.09. The van der Waals surface area contributed by atoms with E-state index in [1.807, 2.05) is 0 Å². The number of hydroxylamine groups is 2. The molecule has 0 aromatic heterocycles. The number of rotatable bonds is 0. The highest BCUT2D eigenvalue weighted by Gasteiger charge is 2.52. The van der Waals surface area contributed by atoms with E-state index < -0.39 is 0 Å². The largest absolute Gasteiger partial charge is 0.275 e. The van der Waals surface area contributed by atoms with Gasteiger partial charge in [0, 0.05) is 5.54 Å². The van der Waals surface area contributed by atoms with Crippen LogP contribution in [0.25, 0.3) is 0 Å². The molecule has 0 aliphatic carbocycles. The monoisotopic (exact) mass is 113 g/mol. The summed E-state index contributed by atoms with van der Waals surface area (Å²) >= 11 is 0. The van der Waals surface area contributed by atoms with Crippen LogP contribution < -0.4 is 0 Å². The van der Waals surface area contributed by atoms with Crippen LogP contribution in [0, 0.1) is 0 Å². The zero-order chi connectivity index (χ0) is 5.78. The summed E-state index contributed by atoms with van der Waals surface area (Å²) in [7, 11) is 0. The molecular formula is C6H11NO. The van der Waals surface area contributed by atoms with Crippen LogP contribution in [0.3, 0.4) is 0 Å². The molecular weight excluding hydrogens is 102 g/mol. The molecule has 2 fully saturated rings. The minimum absolute atomic E-state index is 0.338. The lowest BCUT2D eigenvalue weighted by molar-refractivity contribution is 0.0780. The van der Waals surface area contributed by atoms with E-state index in [1.165, 1.54) is 12.8 Å². The third kappa shape index (κ3) is 0.446. The number of fused-ring (bicyclic) bond motifs is 1. The van der Waals surface area contributed by atoms with Gasteiger partial charge in [0.15, 0.2) is 6.23 Å². The average Bonchev–Trinajstić information content (AvgIpc) is 2.34. The van der Waals surface area contributed by atoms with Gasteiger partial charge in [-0.1, -0.05) is 0 Å². The molecule has 2 unspecified atom stereocenters. The zero-order valence-corrected chi connectivity index (χ0v) is 5.35. The Bertz CT molecular complexity index is 122. The molecule has 0 spiro atoms. The smallest absolute Gasteiger partial charge is 0.155 e. The zero-order valence-electron chi connectivity index (χ0n) is 5.35. The van der Waals surface area contributed by atoms with E-state index in [9.17, 15) is 0 Å². The molecule has 2 heteroatoms. The topological polar surface area (TPSA) is 15.5 Å². The molecule has 0 radical (unpaired) electrons. The van der Waals surface area contributed by atoms with Crippen molar-refractivity contribution >= 4 is 0 Å². The van der Waals surface area contributed by atoms with E-state index in [1.54, 1.807) is 0 Å². The van der Waals surface area contributed by atoms with Crippen molar-refractivity contribution in [1.29, 1.82) is 0 Å². The second kappa shape index (κ2) is 1.09. The third-order valence-corrected chi connectivity index (χ3v) is 2.05. The van der Waals surface area contributed by atoms with Crippen LogP contribution in [0.5, 0.6) is 0 Å². The molecule has 46 valence electrons. The van der Waals surface area contributed by atoms with Crippen molar-refractivity contribution in [2.45, 2.75) is 38.5 Å². The minimum Gasteiger partial charge on any atom is -0.275 e. The first-order valence-electron chi connectivity index (χ1n) is 3.16. The molecule has 2 atom stereocenters. The van der Waals surface area contributed by atoms with Gasteiger partial charge in [0.1, 0.15) is 0 Å². The quantitative estimate of drug-likeness (QED) is 0.438. The summed E-state index contributed by atoms with van der Waals surface area (Å²) in [6.45, 7) is 4.44. The second-order valence-corrected chi connectivity index (χ2v) is 3.24. The SMILES string of the molecule is CC1(C)CCC2ON21. The molecule has 0 saturated carbocycles. The van der Waals surface area contributed by atoms with Crippen molar-refractivity contribution in [3.05, 3.63) is 0 Å². The van der Waals surface area contributed by atoms with Gasteiger partial charge in [0.25, 0.3) is 0 Å². The standard InChI is InChI=1S/C6H11NO/c1-6(2)4-3-5-7(6)8-5/h5H,3-4H2,1-2H3. The van der Waals surface area contributed by atoms with E-state index in [2.05, 4.69) is 18.9 Å². The Kier molecular flexibility index (Phi) is 0.649. The molecule has 0 amide bonds. The van der Waals surface area contributed by atoms with Gasteiger partial charge >= 0.3 is 0 Å². The summed E-state index contributed by atoms with van der Waals surface area (Å²) in [5.74, 6) is 0. The van der Waals surface area contributed by atoms with Gasteiger partial charge in [-0.05, 0) is 26.7 Å². The Morgan fingerprint density at radius 1 is 1.62 bits per heavy atom. The second-order valence-electron chi connectivity index (χ2n) is 3.24. The normalized spacial score (nSPS) is 48.8. The molecule has 2 nitrogen and oxygen atoms in total. The van der Waals surface area contributed by atoms with E-state index >= 15 is 0 Å². The maximum Gasteiger partial charge on any atom is 0.155 e. The molecule has 2 aliphatic heterocycles. The van der Waals surface area contributed by atoms with Crippen molar-refractivity contribution in [1.82, 2.24) is 5.06 Å². The van der Waals surface area contributed by atoms with E-state index in [0.717, 1.165) is 0 Å². The number of nitrogens with zero attached hydrogens (tertiary/aromatic N) is 1. The first-order chi connectivity index (χ1) is 3.70. The first kappa shape index (κ1) is 4.77. The van der Waals surface area contributed by atoms with Crippen molar-refractivity contribution in [3.63, 3.8) is 0 Å². The Hall–Kier alpha value is -0.0800. The first-order valence-corrected chi connectivity index (χ1v) is 3.16. The maximum atomic E-state index is 5.20. The highest BCUT2D eigenvalue weighted by molar-refractivity contribution is 4.92. The van der Waals surface area contributed by atoms with Gasteiger partial charge < -0.3 is 0 Å². The summed E-state index contributed by atoms with van der Waals surface area (Å²) in [6.07, 6.45) is 3.01. The van der Waals surface area contributed by atoms with Crippen LogP contribution in [0.4, 0.5) is 0 Å². The summed E-state index contributed by atoms with van der Waals surface area (Å²) in [5.41, 5.74) is 0.338. The Labute approximate surface area is 49.4 Å². The Morgan fingerprint density at radius 2 is 2.38 bits per heavy atom. The van der Waals surface area contributed by atoms with Gasteiger partial charge in [0.05, 0.1) is 0 Å². The average molecular weight is 113 g/mol. The summed E-state index contributed by atoms with van der Waals surface area (Å²) < 4.78 is 0. The van der Waals surface area contributed by atoms with Gasteiger partial charge in [-0.25, -0.2) is 0 Å². The highest BCUT2D eigenvalue weighted by atomic mass is 16.8. The predicted octanol–water partition coefficient (Wildman–Crippen LogP) is 1.13. The van der Waals surface area contributed by atoms with Crippen LogP contribution in [-0.2, 0) is 4.84 Å². The minimum atomic E-state index is 0.338. The van der Waals surface area contributed by atoms with E-state index in [-0.39, 0.29) is 0 Å². The molecule has 0 aromatic rings. The lowest BCUT2D eigenvalue weighted by Crippen LogP contribution is -2.25. The Balaban J connectivity index is 2.17. The van der Waals surface area contributed by atoms with Crippen LogP contribution in [0.15, 0.2) is 0 Å². The van der Waals surface area contributed by atoms with Crippen LogP contribution >= 0.6 is 0 Å². The lowest BCUT2D eigenvalue weighted by atomic mass is 10.0.